The van der Waals surface area contributed by atoms with E-state index in [9.17, 15) is 9.59 Å². The molecule has 0 aliphatic rings. The van der Waals surface area contributed by atoms with E-state index in [2.05, 4.69) is 17.6 Å². The fraction of sp³-hybridized carbons (Fsp3) is 0.263. The molecule has 0 unspecified atom stereocenters. The Morgan fingerprint density at radius 2 is 1.39 bits per heavy atom. The largest absolute Gasteiger partial charge is 0.348 e. The second kappa shape index (κ2) is 8.73. The standard InChI is InChI=1S/C19H22N2O2/c1-2-15-8-10-17(11-9-15)14-21-19(23)18(22)20-13-12-16-6-4-3-5-7-16/h3-11H,2,12-14H2,1H3,(H,20,22)(H,21,23). The minimum atomic E-state index is -0.599. The van der Waals surface area contributed by atoms with Crippen molar-refractivity contribution < 1.29 is 9.59 Å². The van der Waals surface area contributed by atoms with Gasteiger partial charge in [0.1, 0.15) is 0 Å². The van der Waals surface area contributed by atoms with Gasteiger partial charge in [0, 0.05) is 13.1 Å². The van der Waals surface area contributed by atoms with E-state index < -0.39 is 11.8 Å². The number of benzene rings is 2. The second-order valence-corrected chi connectivity index (χ2v) is 5.34. The fourth-order valence-corrected chi connectivity index (χ4v) is 2.20. The Morgan fingerprint density at radius 3 is 2.04 bits per heavy atom. The van der Waals surface area contributed by atoms with E-state index in [1.165, 1.54) is 5.56 Å². The van der Waals surface area contributed by atoms with Crippen LogP contribution in [0.15, 0.2) is 54.6 Å². The first-order chi connectivity index (χ1) is 11.2. The van der Waals surface area contributed by atoms with Gasteiger partial charge < -0.3 is 10.6 Å². The van der Waals surface area contributed by atoms with Gasteiger partial charge in [-0.1, -0.05) is 61.5 Å². The van der Waals surface area contributed by atoms with Gasteiger partial charge in [0.25, 0.3) is 0 Å². The number of amides is 2. The molecular formula is C19H22N2O2. The van der Waals surface area contributed by atoms with E-state index in [0.717, 1.165) is 17.5 Å². The second-order valence-electron chi connectivity index (χ2n) is 5.34. The molecule has 0 spiro atoms. The van der Waals surface area contributed by atoms with E-state index in [4.69, 9.17) is 0 Å². The van der Waals surface area contributed by atoms with Crippen molar-refractivity contribution in [1.29, 1.82) is 0 Å². The summed E-state index contributed by atoms with van der Waals surface area (Å²) < 4.78 is 0. The van der Waals surface area contributed by atoms with Gasteiger partial charge in [-0.2, -0.15) is 0 Å². The van der Waals surface area contributed by atoms with Crippen LogP contribution in [-0.2, 0) is 29.0 Å². The van der Waals surface area contributed by atoms with E-state index in [0.29, 0.717) is 19.5 Å². The molecule has 0 saturated heterocycles. The van der Waals surface area contributed by atoms with Gasteiger partial charge in [-0.25, -0.2) is 0 Å². The highest BCUT2D eigenvalue weighted by molar-refractivity contribution is 6.35. The minimum Gasteiger partial charge on any atom is -0.348 e. The van der Waals surface area contributed by atoms with Gasteiger partial charge in [-0.05, 0) is 29.5 Å². The molecule has 2 N–H and O–H groups in total. The van der Waals surface area contributed by atoms with Crippen molar-refractivity contribution in [2.75, 3.05) is 6.54 Å². The summed E-state index contributed by atoms with van der Waals surface area (Å²) >= 11 is 0. The Kier molecular flexibility index (Phi) is 6.36. The molecule has 4 heteroatoms. The van der Waals surface area contributed by atoms with Crippen LogP contribution in [0.5, 0.6) is 0 Å². The summed E-state index contributed by atoms with van der Waals surface area (Å²) in [5.74, 6) is -1.19. The smallest absolute Gasteiger partial charge is 0.309 e. The molecule has 2 aromatic rings. The molecule has 0 fully saturated rings. The summed E-state index contributed by atoms with van der Waals surface area (Å²) in [6, 6.07) is 17.8. The van der Waals surface area contributed by atoms with Crippen LogP contribution < -0.4 is 10.6 Å². The van der Waals surface area contributed by atoms with Crippen molar-refractivity contribution in [1.82, 2.24) is 10.6 Å². The first-order valence-electron chi connectivity index (χ1n) is 7.87. The number of carbonyl (C=O) groups is 2. The molecule has 2 rings (SSSR count). The zero-order valence-electron chi connectivity index (χ0n) is 13.3. The Morgan fingerprint density at radius 1 is 0.783 bits per heavy atom. The van der Waals surface area contributed by atoms with Gasteiger partial charge in [0.2, 0.25) is 0 Å². The molecular weight excluding hydrogens is 288 g/mol. The normalized spacial score (nSPS) is 10.1. The van der Waals surface area contributed by atoms with Gasteiger partial charge in [0.05, 0.1) is 0 Å². The lowest BCUT2D eigenvalue weighted by molar-refractivity contribution is -0.139. The molecule has 120 valence electrons. The molecule has 0 radical (unpaired) electrons. The molecule has 0 heterocycles. The van der Waals surface area contributed by atoms with Crippen LogP contribution in [0.1, 0.15) is 23.6 Å². The highest BCUT2D eigenvalue weighted by atomic mass is 16.2. The maximum Gasteiger partial charge on any atom is 0.309 e. The number of aryl methyl sites for hydroxylation is 1. The summed E-state index contributed by atoms with van der Waals surface area (Å²) in [6.45, 7) is 2.90. The summed E-state index contributed by atoms with van der Waals surface area (Å²) in [5, 5.41) is 5.27. The maximum absolute atomic E-state index is 11.8. The van der Waals surface area contributed by atoms with Crippen LogP contribution in [0.3, 0.4) is 0 Å². The van der Waals surface area contributed by atoms with Crippen LogP contribution in [0.25, 0.3) is 0 Å². The Hall–Kier alpha value is -2.62. The summed E-state index contributed by atoms with van der Waals surface area (Å²) in [7, 11) is 0. The quantitative estimate of drug-likeness (QED) is 0.804. The number of hydrogen-bond donors (Lipinski definition) is 2. The third-order valence-electron chi connectivity index (χ3n) is 3.63. The predicted octanol–water partition coefficient (Wildman–Crippen LogP) is 2.22. The number of nitrogens with one attached hydrogen (secondary N) is 2. The monoisotopic (exact) mass is 310 g/mol. The predicted molar refractivity (Wildman–Crippen MR) is 90.8 cm³/mol. The van der Waals surface area contributed by atoms with E-state index >= 15 is 0 Å². The average molecular weight is 310 g/mol. The Labute approximate surface area is 136 Å². The van der Waals surface area contributed by atoms with E-state index in [1.54, 1.807) is 0 Å². The maximum atomic E-state index is 11.8. The summed E-state index contributed by atoms with van der Waals surface area (Å²) in [6.07, 6.45) is 1.69. The van der Waals surface area contributed by atoms with Gasteiger partial charge in [-0.3, -0.25) is 9.59 Å². The van der Waals surface area contributed by atoms with Gasteiger partial charge >= 0.3 is 11.8 Å². The lowest BCUT2D eigenvalue weighted by Gasteiger charge is -2.07. The molecule has 23 heavy (non-hydrogen) atoms. The van der Waals surface area contributed by atoms with E-state index in [1.807, 2.05) is 54.6 Å². The summed E-state index contributed by atoms with van der Waals surface area (Å²) in [4.78, 5) is 23.5. The first kappa shape index (κ1) is 16.7. The highest BCUT2D eigenvalue weighted by Gasteiger charge is 2.12. The van der Waals surface area contributed by atoms with Crippen molar-refractivity contribution in [3.05, 3.63) is 71.3 Å². The molecule has 0 aliphatic heterocycles. The molecule has 0 aromatic heterocycles. The van der Waals surface area contributed by atoms with Crippen molar-refractivity contribution in [3.8, 4) is 0 Å². The lowest BCUT2D eigenvalue weighted by Crippen LogP contribution is -2.40. The third kappa shape index (κ3) is 5.58. The third-order valence-corrected chi connectivity index (χ3v) is 3.63. The van der Waals surface area contributed by atoms with Gasteiger partial charge in [-0.15, -0.1) is 0 Å². The Bertz CT molecular complexity index is 636. The summed E-state index contributed by atoms with van der Waals surface area (Å²) in [5.41, 5.74) is 3.36. The molecule has 0 bridgehead atoms. The minimum absolute atomic E-state index is 0.356. The van der Waals surface area contributed by atoms with Gasteiger partial charge in [0.15, 0.2) is 0 Å². The fourth-order valence-electron chi connectivity index (χ4n) is 2.20. The SMILES string of the molecule is CCc1ccc(CNC(=O)C(=O)NCCc2ccccc2)cc1. The van der Waals surface area contributed by atoms with Crippen LogP contribution in [0.4, 0.5) is 0 Å². The van der Waals surface area contributed by atoms with Crippen LogP contribution in [0.2, 0.25) is 0 Å². The van der Waals surface area contributed by atoms with E-state index in [-0.39, 0.29) is 0 Å². The first-order valence-corrected chi connectivity index (χ1v) is 7.87. The van der Waals surface area contributed by atoms with Crippen molar-refractivity contribution in [2.45, 2.75) is 26.3 Å². The average Bonchev–Trinajstić information content (AvgIpc) is 2.61. The zero-order chi connectivity index (χ0) is 16.5. The number of hydrogen-bond acceptors (Lipinski definition) is 2. The highest BCUT2D eigenvalue weighted by Crippen LogP contribution is 2.04. The van der Waals surface area contributed by atoms with Crippen molar-refractivity contribution >= 4 is 11.8 Å². The molecule has 2 aromatic carbocycles. The molecule has 0 saturated carbocycles. The zero-order valence-corrected chi connectivity index (χ0v) is 13.3. The van der Waals surface area contributed by atoms with Crippen molar-refractivity contribution in [3.63, 3.8) is 0 Å². The molecule has 0 aliphatic carbocycles. The Balaban J connectivity index is 1.71. The topological polar surface area (TPSA) is 58.2 Å². The number of carbonyl (C=O) groups excluding carboxylic acids is 2. The molecule has 2 amide bonds. The lowest BCUT2D eigenvalue weighted by atomic mass is 10.1. The van der Waals surface area contributed by atoms with Crippen LogP contribution >= 0.6 is 0 Å². The van der Waals surface area contributed by atoms with Crippen LogP contribution in [0, 0.1) is 0 Å². The van der Waals surface area contributed by atoms with Crippen LogP contribution in [-0.4, -0.2) is 18.4 Å². The molecule has 4 nitrogen and oxygen atoms in total. The van der Waals surface area contributed by atoms with Crippen molar-refractivity contribution in [2.24, 2.45) is 0 Å². The molecule has 0 atom stereocenters. The number of rotatable bonds is 6.